The van der Waals surface area contributed by atoms with Gasteiger partial charge in [-0.1, -0.05) is 13.8 Å². The summed E-state index contributed by atoms with van der Waals surface area (Å²) < 4.78 is 0. The minimum absolute atomic E-state index is 0.103. The van der Waals surface area contributed by atoms with E-state index in [9.17, 15) is 9.59 Å². The molecular weight excluding hydrogens is 168 g/mol. The minimum Gasteiger partial charge on any atom is -0.369 e. The lowest BCUT2D eigenvalue weighted by molar-refractivity contribution is -0.138. The molecule has 1 rings (SSSR count). The second-order valence-electron chi connectivity index (χ2n) is 3.87. The molecule has 2 atom stereocenters. The van der Waals surface area contributed by atoms with E-state index in [0.29, 0.717) is 12.5 Å². The van der Waals surface area contributed by atoms with Crippen molar-refractivity contribution in [1.29, 1.82) is 0 Å². The van der Waals surface area contributed by atoms with Crippen LogP contribution in [0.15, 0.2) is 0 Å². The zero-order valence-corrected chi connectivity index (χ0v) is 8.04. The van der Waals surface area contributed by atoms with Gasteiger partial charge in [0.05, 0.1) is 0 Å². The summed E-state index contributed by atoms with van der Waals surface area (Å²) in [5.41, 5.74) is 5.19. The maximum atomic E-state index is 11.3. The van der Waals surface area contributed by atoms with Crippen molar-refractivity contribution in [2.24, 2.45) is 23.5 Å². The Morgan fingerprint density at radius 1 is 1.62 bits per heavy atom. The first-order valence-electron chi connectivity index (χ1n) is 4.61. The average molecular weight is 184 g/mol. The van der Waals surface area contributed by atoms with Gasteiger partial charge in [0.2, 0.25) is 11.8 Å². The number of piperidine rings is 1. The first-order valence-corrected chi connectivity index (χ1v) is 4.61. The van der Waals surface area contributed by atoms with Crippen LogP contribution in [0.5, 0.6) is 0 Å². The van der Waals surface area contributed by atoms with Crippen molar-refractivity contribution in [2.45, 2.75) is 20.3 Å². The van der Waals surface area contributed by atoms with Gasteiger partial charge in [0.15, 0.2) is 0 Å². The Morgan fingerprint density at radius 3 is 2.62 bits per heavy atom. The number of amides is 2. The lowest BCUT2D eigenvalue weighted by Gasteiger charge is -2.31. The van der Waals surface area contributed by atoms with Crippen LogP contribution in [0.1, 0.15) is 20.3 Å². The molecule has 2 amide bonds. The Kier molecular flexibility index (Phi) is 2.90. The third-order valence-electron chi connectivity index (χ3n) is 2.65. The number of carbonyl (C=O) groups excluding carboxylic acids is 2. The first kappa shape index (κ1) is 10.0. The van der Waals surface area contributed by atoms with E-state index in [2.05, 4.69) is 5.32 Å². The van der Waals surface area contributed by atoms with Crippen LogP contribution < -0.4 is 11.1 Å². The largest absolute Gasteiger partial charge is 0.369 e. The number of rotatable bonds is 2. The number of primary amides is 1. The molecule has 1 saturated heterocycles. The van der Waals surface area contributed by atoms with Crippen LogP contribution in [0.4, 0.5) is 0 Å². The van der Waals surface area contributed by atoms with Crippen LogP contribution in [0.25, 0.3) is 0 Å². The summed E-state index contributed by atoms with van der Waals surface area (Å²) in [5, 5.41) is 2.66. The monoisotopic (exact) mass is 184 g/mol. The van der Waals surface area contributed by atoms with Gasteiger partial charge in [-0.25, -0.2) is 0 Å². The predicted molar refractivity (Wildman–Crippen MR) is 48.6 cm³/mol. The SMILES string of the molecule is CC(C)C1CCNC(=O)C1C(N)=O. The highest BCUT2D eigenvalue weighted by Gasteiger charge is 2.37. The molecule has 0 saturated carbocycles. The Morgan fingerprint density at radius 2 is 2.23 bits per heavy atom. The minimum atomic E-state index is -0.631. The van der Waals surface area contributed by atoms with Crippen LogP contribution in [0.3, 0.4) is 0 Å². The molecule has 0 aliphatic carbocycles. The number of carbonyl (C=O) groups is 2. The zero-order valence-electron chi connectivity index (χ0n) is 8.04. The quantitative estimate of drug-likeness (QED) is 0.587. The fourth-order valence-corrected chi connectivity index (χ4v) is 1.89. The van der Waals surface area contributed by atoms with Crippen LogP contribution in [-0.4, -0.2) is 18.4 Å². The Labute approximate surface area is 77.9 Å². The summed E-state index contributed by atoms with van der Waals surface area (Å²) in [4.78, 5) is 22.4. The zero-order chi connectivity index (χ0) is 10.0. The van der Waals surface area contributed by atoms with E-state index in [1.807, 2.05) is 13.8 Å². The molecule has 0 aromatic rings. The molecule has 0 radical (unpaired) electrons. The fourth-order valence-electron chi connectivity index (χ4n) is 1.89. The van der Waals surface area contributed by atoms with Gasteiger partial charge in [-0.2, -0.15) is 0 Å². The summed E-state index contributed by atoms with van der Waals surface area (Å²) in [6.07, 6.45) is 0.844. The smallest absolute Gasteiger partial charge is 0.232 e. The number of nitrogens with two attached hydrogens (primary N) is 1. The molecule has 0 spiro atoms. The topological polar surface area (TPSA) is 72.2 Å². The second-order valence-corrected chi connectivity index (χ2v) is 3.87. The fraction of sp³-hybridized carbons (Fsp3) is 0.778. The maximum absolute atomic E-state index is 11.3. The summed E-state index contributed by atoms with van der Waals surface area (Å²) in [5.74, 6) is -0.920. The molecule has 3 N–H and O–H groups in total. The predicted octanol–water partition coefficient (Wildman–Crippen LogP) is -0.120. The Balaban J connectivity index is 2.80. The lowest BCUT2D eigenvalue weighted by Crippen LogP contribution is -2.49. The molecule has 4 nitrogen and oxygen atoms in total. The molecule has 1 aliphatic heterocycles. The van der Waals surface area contributed by atoms with Gasteiger partial charge < -0.3 is 11.1 Å². The van der Waals surface area contributed by atoms with E-state index in [0.717, 1.165) is 6.42 Å². The third kappa shape index (κ3) is 1.99. The standard InChI is InChI=1S/C9H16N2O2/c1-5(2)6-3-4-11-9(13)7(6)8(10)12/h5-7H,3-4H2,1-2H3,(H2,10,12)(H,11,13). The molecule has 74 valence electrons. The Hall–Kier alpha value is -1.06. The summed E-state index contributed by atoms with van der Waals surface area (Å²) in [6, 6.07) is 0. The van der Waals surface area contributed by atoms with Crippen molar-refractivity contribution in [3.8, 4) is 0 Å². The number of hydrogen-bond donors (Lipinski definition) is 2. The van der Waals surface area contributed by atoms with Crippen molar-refractivity contribution < 1.29 is 9.59 Å². The third-order valence-corrected chi connectivity index (χ3v) is 2.65. The molecule has 1 aliphatic rings. The molecule has 0 bridgehead atoms. The van der Waals surface area contributed by atoms with Gasteiger partial charge in [0, 0.05) is 6.54 Å². The molecule has 0 aromatic carbocycles. The van der Waals surface area contributed by atoms with Crippen molar-refractivity contribution in [1.82, 2.24) is 5.32 Å². The van der Waals surface area contributed by atoms with Gasteiger partial charge in [0.1, 0.15) is 5.92 Å². The van der Waals surface area contributed by atoms with E-state index >= 15 is 0 Å². The van der Waals surface area contributed by atoms with Gasteiger partial charge in [-0.05, 0) is 18.3 Å². The van der Waals surface area contributed by atoms with Crippen LogP contribution >= 0.6 is 0 Å². The molecule has 1 heterocycles. The van der Waals surface area contributed by atoms with Crippen LogP contribution in [-0.2, 0) is 9.59 Å². The molecule has 2 unspecified atom stereocenters. The molecular formula is C9H16N2O2. The lowest BCUT2D eigenvalue weighted by atomic mass is 9.78. The average Bonchev–Trinajstić information content (AvgIpc) is 2.02. The highest BCUT2D eigenvalue weighted by Crippen LogP contribution is 2.27. The van der Waals surface area contributed by atoms with Gasteiger partial charge in [-0.15, -0.1) is 0 Å². The van der Waals surface area contributed by atoms with Crippen molar-refractivity contribution in [3.63, 3.8) is 0 Å². The van der Waals surface area contributed by atoms with Crippen molar-refractivity contribution >= 4 is 11.8 Å². The highest BCUT2D eigenvalue weighted by molar-refractivity contribution is 6.00. The summed E-state index contributed by atoms with van der Waals surface area (Å²) >= 11 is 0. The normalized spacial score (nSPS) is 28.7. The molecule has 4 heteroatoms. The van der Waals surface area contributed by atoms with Crippen LogP contribution in [0.2, 0.25) is 0 Å². The first-order chi connectivity index (χ1) is 6.04. The van der Waals surface area contributed by atoms with E-state index in [1.54, 1.807) is 0 Å². The van der Waals surface area contributed by atoms with Crippen molar-refractivity contribution in [2.75, 3.05) is 6.54 Å². The number of hydrogen-bond acceptors (Lipinski definition) is 2. The van der Waals surface area contributed by atoms with Gasteiger partial charge >= 0.3 is 0 Å². The van der Waals surface area contributed by atoms with Crippen LogP contribution in [0, 0.1) is 17.8 Å². The maximum Gasteiger partial charge on any atom is 0.232 e. The molecule has 13 heavy (non-hydrogen) atoms. The van der Waals surface area contributed by atoms with E-state index < -0.39 is 11.8 Å². The highest BCUT2D eigenvalue weighted by atomic mass is 16.2. The Bertz CT molecular complexity index is 226. The van der Waals surface area contributed by atoms with Gasteiger partial charge in [0.25, 0.3) is 0 Å². The van der Waals surface area contributed by atoms with E-state index in [4.69, 9.17) is 5.73 Å². The summed E-state index contributed by atoms with van der Waals surface area (Å²) in [7, 11) is 0. The summed E-state index contributed by atoms with van der Waals surface area (Å²) in [6.45, 7) is 4.68. The molecule has 0 aromatic heterocycles. The van der Waals surface area contributed by atoms with E-state index in [-0.39, 0.29) is 11.8 Å². The molecule has 1 fully saturated rings. The number of nitrogens with one attached hydrogen (secondary N) is 1. The second kappa shape index (κ2) is 3.77. The van der Waals surface area contributed by atoms with Gasteiger partial charge in [-0.3, -0.25) is 9.59 Å². The van der Waals surface area contributed by atoms with Crippen molar-refractivity contribution in [3.05, 3.63) is 0 Å². The van der Waals surface area contributed by atoms with E-state index in [1.165, 1.54) is 0 Å².